The highest BCUT2D eigenvalue weighted by atomic mass is 35.5. The molecule has 2 aromatic rings. The molecule has 0 saturated heterocycles. The van der Waals surface area contributed by atoms with Crippen molar-refractivity contribution in [1.29, 1.82) is 0 Å². The zero-order valence-corrected chi connectivity index (χ0v) is 11.8. The third-order valence-corrected chi connectivity index (χ3v) is 4.16. The number of rotatable bonds is 4. The Kier molecular flexibility index (Phi) is 4.70. The molecule has 2 aromatic carbocycles. The molecule has 0 fully saturated rings. The van der Waals surface area contributed by atoms with Crippen molar-refractivity contribution in [3.63, 3.8) is 0 Å². The minimum absolute atomic E-state index is 0.0511. The van der Waals surface area contributed by atoms with E-state index in [0.29, 0.717) is 0 Å². The Balaban J connectivity index is 2.00. The van der Waals surface area contributed by atoms with E-state index in [-0.39, 0.29) is 6.04 Å². The van der Waals surface area contributed by atoms with Crippen molar-refractivity contribution in [3.8, 4) is 0 Å². The monoisotopic (exact) mass is 277 g/mol. The SMILES string of the molecule is Cc1ccccc1C(N)CSc1cccc(Cl)c1. The lowest BCUT2D eigenvalue weighted by Crippen LogP contribution is -2.14. The number of hydrogen-bond acceptors (Lipinski definition) is 2. The fraction of sp³-hybridized carbons (Fsp3) is 0.200. The molecule has 1 atom stereocenters. The largest absolute Gasteiger partial charge is 0.323 e. The predicted octanol–water partition coefficient (Wildman–Crippen LogP) is 4.44. The van der Waals surface area contributed by atoms with Crippen LogP contribution in [0.4, 0.5) is 0 Å². The molecule has 18 heavy (non-hydrogen) atoms. The molecule has 0 bridgehead atoms. The van der Waals surface area contributed by atoms with Gasteiger partial charge in [0.25, 0.3) is 0 Å². The molecule has 0 heterocycles. The zero-order chi connectivity index (χ0) is 13.0. The normalized spacial score (nSPS) is 12.4. The summed E-state index contributed by atoms with van der Waals surface area (Å²) in [5.41, 5.74) is 8.69. The second kappa shape index (κ2) is 6.28. The third-order valence-electron chi connectivity index (χ3n) is 2.81. The van der Waals surface area contributed by atoms with Crippen LogP contribution in [-0.4, -0.2) is 5.75 Å². The molecule has 2 N–H and O–H groups in total. The summed E-state index contributed by atoms with van der Waals surface area (Å²) in [4.78, 5) is 1.16. The summed E-state index contributed by atoms with van der Waals surface area (Å²) in [6, 6.07) is 16.2. The van der Waals surface area contributed by atoms with Gasteiger partial charge in [-0.1, -0.05) is 41.9 Å². The van der Waals surface area contributed by atoms with Crippen molar-refractivity contribution in [2.24, 2.45) is 5.73 Å². The van der Waals surface area contributed by atoms with Gasteiger partial charge >= 0.3 is 0 Å². The van der Waals surface area contributed by atoms with Crippen LogP contribution >= 0.6 is 23.4 Å². The van der Waals surface area contributed by atoms with Gasteiger partial charge in [0, 0.05) is 21.7 Å². The van der Waals surface area contributed by atoms with Crippen LogP contribution in [0.2, 0.25) is 5.02 Å². The van der Waals surface area contributed by atoms with Gasteiger partial charge < -0.3 is 5.73 Å². The summed E-state index contributed by atoms with van der Waals surface area (Å²) in [5, 5.41) is 0.768. The van der Waals surface area contributed by atoms with Crippen molar-refractivity contribution in [2.45, 2.75) is 17.9 Å². The van der Waals surface area contributed by atoms with Crippen LogP contribution in [0.15, 0.2) is 53.4 Å². The molecule has 1 unspecified atom stereocenters. The molecule has 0 spiro atoms. The highest BCUT2D eigenvalue weighted by Crippen LogP contribution is 2.26. The average Bonchev–Trinajstić information content (AvgIpc) is 2.37. The number of hydrogen-bond donors (Lipinski definition) is 1. The molecule has 0 aliphatic rings. The highest BCUT2D eigenvalue weighted by Gasteiger charge is 2.08. The van der Waals surface area contributed by atoms with E-state index in [1.807, 2.05) is 30.3 Å². The molecule has 2 rings (SSSR count). The topological polar surface area (TPSA) is 26.0 Å². The Morgan fingerprint density at radius 3 is 2.67 bits per heavy atom. The molecule has 1 nitrogen and oxygen atoms in total. The molecule has 3 heteroatoms. The number of halogens is 1. The van der Waals surface area contributed by atoms with Crippen molar-refractivity contribution in [3.05, 3.63) is 64.7 Å². The summed E-state index contributed by atoms with van der Waals surface area (Å²) in [6.45, 7) is 2.10. The van der Waals surface area contributed by atoms with Gasteiger partial charge in [-0.15, -0.1) is 11.8 Å². The number of benzene rings is 2. The first-order chi connectivity index (χ1) is 8.66. The van der Waals surface area contributed by atoms with E-state index in [2.05, 4.69) is 25.1 Å². The first kappa shape index (κ1) is 13.5. The smallest absolute Gasteiger partial charge is 0.0417 e. The van der Waals surface area contributed by atoms with Gasteiger partial charge in [-0.05, 0) is 36.2 Å². The predicted molar refractivity (Wildman–Crippen MR) is 80.3 cm³/mol. The van der Waals surface area contributed by atoms with E-state index in [9.17, 15) is 0 Å². The summed E-state index contributed by atoms with van der Waals surface area (Å²) in [7, 11) is 0. The highest BCUT2D eigenvalue weighted by molar-refractivity contribution is 7.99. The minimum atomic E-state index is 0.0511. The molecular formula is C15H16ClNS. The summed E-state index contributed by atoms with van der Waals surface area (Å²) >= 11 is 7.69. The maximum atomic E-state index is 6.23. The summed E-state index contributed by atoms with van der Waals surface area (Å²) in [6.07, 6.45) is 0. The van der Waals surface area contributed by atoms with Crippen LogP contribution in [0.1, 0.15) is 17.2 Å². The van der Waals surface area contributed by atoms with Gasteiger partial charge in [0.05, 0.1) is 0 Å². The van der Waals surface area contributed by atoms with Crippen LogP contribution in [0, 0.1) is 6.92 Å². The Morgan fingerprint density at radius 1 is 1.17 bits per heavy atom. The molecule has 94 valence electrons. The zero-order valence-electron chi connectivity index (χ0n) is 10.3. The van der Waals surface area contributed by atoms with Crippen LogP contribution in [0.5, 0.6) is 0 Å². The van der Waals surface area contributed by atoms with Crippen LogP contribution < -0.4 is 5.73 Å². The molecule has 0 aliphatic carbocycles. The minimum Gasteiger partial charge on any atom is -0.323 e. The van der Waals surface area contributed by atoms with Gasteiger partial charge in [0.1, 0.15) is 0 Å². The Hall–Kier alpha value is -0.960. The van der Waals surface area contributed by atoms with Gasteiger partial charge in [-0.2, -0.15) is 0 Å². The van der Waals surface area contributed by atoms with Crippen molar-refractivity contribution < 1.29 is 0 Å². The van der Waals surface area contributed by atoms with Crippen LogP contribution in [0.3, 0.4) is 0 Å². The van der Waals surface area contributed by atoms with E-state index < -0.39 is 0 Å². The van der Waals surface area contributed by atoms with Gasteiger partial charge in [0.2, 0.25) is 0 Å². The van der Waals surface area contributed by atoms with Crippen molar-refractivity contribution in [2.75, 3.05) is 5.75 Å². The van der Waals surface area contributed by atoms with E-state index in [1.165, 1.54) is 11.1 Å². The molecule has 0 aromatic heterocycles. The van der Waals surface area contributed by atoms with Crippen LogP contribution in [0.25, 0.3) is 0 Å². The lowest BCUT2D eigenvalue weighted by molar-refractivity contribution is 0.823. The van der Waals surface area contributed by atoms with E-state index >= 15 is 0 Å². The first-order valence-corrected chi connectivity index (χ1v) is 7.22. The molecular weight excluding hydrogens is 262 g/mol. The fourth-order valence-corrected chi connectivity index (χ4v) is 3.03. The fourth-order valence-electron chi connectivity index (χ4n) is 1.84. The Bertz CT molecular complexity index is 527. The number of aryl methyl sites for hydroxylation is 1. The summed E-state index contributed by atoms with van der Waals surface area (Å²) < 4.78 is 0. The van der Waals surface area contributed by atoms with Crippen molar-refractivity contribution in [1.82, 2.24) is 0 Å². The molecule has 0 amide bonds. The quantitative estimate of drug-likeness (QED) is 0.836. The third kappa shape index (κ3) is 3.52. The van der Waals surface area contributed by atoms with Gasteiger partial charge in [-0.3, -0.25) is 0 Å². The summed E-state index contributed by atoms with van der Waals surface area (Å²) in [5.74, 6) is 0.852. The van der Waals surface area contributed by atoms with E-state index in [0.717, 1.165) is 15.7 Å². The van der Waals surface area contributed by atoms with Crippen molar-refractivity contribution >= 4 is 23.4 Å². The Morgan fingerprint density at radius 2 is 1.94 bits per heavy atom. The van der Waals surface area contributed by atoms with E-state index in [1.54, 1.807) is 11.8 Å². The molecule has 0 saturated carbocycles. The lowest BCUT2D eigenvalue weighted by atomic mass is 10.0. The first-order valence-electron chi connectivity index (χ1n) is 5.86. The number of nitrogens with two attached hydrogens (primary N) is 1. The lowest BCUT2D eigenvalue weighted by Gasteiger charge is -2.14. The van der Waals surface area contributed by atoms with Crippen LogP contribution in [-0.2, 0) is 0 Å². The standard InChI is InChI=1S/C15H16ClNS/c1-11-5-2-3-8-14(11)15(17)10-18-13-7-4-6-12(16)9-13/h2-9,15H,10,17H2,1H3. The second-order valence-electron chi connectivity index (χ2n) is 4.23. The Labute approximate surface area is 117 Å². The second-order valence-corrected chi connectivity index (χ2v) is 5.76. The average molecular weight is 278 g/mol. The molecule has 0 radical (unpaired) electrons. The maximum Gasteiger partial charge on any atom is 0.0417 e. The maximum absolute atomic E-state index is 6.23. The van der Waals surface area contributed by atoms with Gasteiger partial charge in [-0.25, -0.2) is 0 Å². The molecule has 0 aliphatic heterocycles. The van der Waals surface area contributed by atoms with Gasteiger partial charge in [0.15, 0.2) is 0 Å². The van der Waals surface area contributed by atoms with E-state index in [4.69, 9.17) is 17.3 Å². The number of thioether (sulfide) groups is 1.